The summed E-state index contributed by atoms with van der Waals surface area (Å²) in [5.41, 5.74) is 2.76. The third-order valence-corrected chi connectivity index (χ3v) is 5.52. The van der Waals surface area contributed by atoms with Crippen LogP contribution < -0.4 is 4.90 Å². The number of likely N-dealkylation sites (N-methyl/N-ethyl adjacent to an activating group) is 1. The highest BCUT2D eigenvalue weighted by atomic mass is 32.2. The number of benzene rings is 3. The van der Waals surface area contributed by atoms with Gasteiger partial charge in [-0.15, -0.1) is 0 Å². The van der Waals surface area contributed by atoms with Crippen LogP contribution in [0.25, 0.3) is 10.8 Å². The molecule has 1 aliphatic rings. The Morgan fingerprint density at radius 2 is 1.67 bits per heavy atom. The number of para-hydroxylation sites is 1. The van der Waals surface area contributed by atoms with Gasteiger partial charge in [0.15, 0.2) is 0 Å². The molecule has 3 aromatic carbocycles. The molecule has 21 heavy (non-hydrogen) atoms. The average molecular weight is 291 g/mol. The largest absolute Gasteiger partial charge is 0.361 e. The molecule has 0 bridgehead atoms. The van der Waals surface area contributed by atoms with Crippen molar-refractivity contribution in [3.05, 3.63) is 72.3 Å². The fourth-order valence-electron chi connectivity index (χ4n) is 2.97. The van der Waals surface area contributed by atoms with E-state index in [0.29, 0.717) is 5.37 Å². The summed E-state index contributed by atoms with van der Waals surface area (Å²) >= 11 is 1.97. The van der Waals surface area contributed by atoms with Crippen molar-refractivity contribution in [2.45, 2.75) is 16.7 Å². The number of hydrogen-bond donors (Lipinski definition) is 0. The fraction of sp³-hybridized carbons (Fsp3) is 0.158. The SMILES string of the molecule is CN1c2ccccc2SC1Cc1ccc2ccccc2c1. The molecule has 1 aliphatic heterocycles. The van der Waals surface area contributed by atoms with Crippen LogP contribution in [0.2, 0.25) is 0 Å². The summed E-state index contributed by atoms with van der Waals surface area (Å²) in [6.45, 7) is 0. The normalized spacial score (nSPS) is 17.2. The number of thioether (sulfide) groups is 1. The molecule has 0 radical (unpaired) electrons. The van der Waals surface area contributed by atoms with E-state index in [9.17, 15) is 0 Å². The van der Waals surface area contributed by atoms with E-state index in [1.165, 1.54) is 26.9 Å². The molecule has 0 saturated carbocycles. The number of hydrogen-bond acceptors (Lipinski definition) is 2. The lowest BCUT2D eigenvalue weighted by Crippen LogP contribution is -2.26. The van der Waals surface area contributed by atoms with Crippen molar-refractivity contribution in [2.75, 3.05) is 11.9 Å². The lowest BCUT2D eigenvalue weighted by Gasteiger charge is -2.21. The summed E-state index contributed by atoms with van der Waals surface area (Å²) in [6, 6.07) is 24.1. The summed E-state index contributed by atoms with van der Waals surface area (Å²) in [7, 11) is 2.20. The van der Waals surface area contributed by atoms with Gasteiger partial charge in [-0.05, 0) is 28.5 Å². The first-order valence-corrected chi connectivity index (χ1v) is 8.15. The zero-order chi connectivity index (χ0) is 14.2. The van der Waals surface area contributed by atoms with E-state index in [2.05, 4.69) is 78.7 Å². The summed E-state index contributed by atoms with van der Waals surface area (Å²) in [5, 5.41) is 3.14. The predicted molar refractivity (Wildman–Crippen MR) is 92.1 cm³/mol. The van der Waals surface area contributed by atoms with Crippen molar-refractivity contribution in [3.63, 3.8) is 0 Å². The second kappa shape index (κ2) is 5.12. The quantitative estimate of drug-likeness (QED) is 0.657. The Kier molecular flexibility index (Phi) is 3.12. The Bertz CT molecular complexity index is 796. The van der Waals surface area contributed by atoms with Crippen molar-refractivity contribution < 1.29 is 0 Å². The minimum absolute atomic E-state index is 0.489. The van der Waals surface area contributed by atoms with Crippen molar-refractivity contribution in [3.8, 4) is 0 Å². The molecule has 0 amide bonds. The molecule has 0 saturated heterocycles. The lowest BCUT2D eigenvalue weighted by atomic mass is 10.0. The number of anilines is 1. The van der Waals surface area contributed by atoms with Crippen LogP contribution in [-0.2, 0) is 6.42 Å². The van der Waals surface area contributed by atoms with Gasteiger partial charge in [0, 0.05) is 18.4 Å². The summed E-state index contributed by atoms with van der Waals surface area (Å²) < 4.78 is 0. The molecule has 0 N–H and O–H groups in total. The van der Waals surface area contributed by atoms with Crippen LogP contribution in [-0.4, -0.2) is 12.4 Å². The van der Waals surface area contributed by atoms with Gasteiger partial charge in [-0.25, -0.2) is 0 Å². The Balaban J connectivity index is 1.61. The molecule has 0 fully saturated rings. The molecule has 1 atom stereocenters. The summed E-state index contributed by atoms with van der Waals surface area (Å²) in [6.07, 6.45) is 1.07. The Hall–Kier alpha value is -1.93. The standard InChI is InChI=1S/C19H17NS/c1-20-17-8-4-5-9-18(17)21-19(20)13-14-10-11-15-6-2-3-7-16(15)12-14/h2-12,19H,13H2,1H3. The maximum Gasteiger partial charge on any atom is 0.0835 e. The van der Waals surface area contributed by atoms with Gasteiger partial charge in [-0.2, -0.15) is 0 Å². The maximum atomic E-state index is 2.40. The second-order valence-corrected chi connectivity index (χ2v) is 6.76. The van der Waals surface area contributed by atoms with Crippen LogP contribution >= 0.6 is 11.8 Å². The van der Waals surface area contributed by atoms with Gasteiger partial charge in [-0.3, -0.25) is 0 Å². The summed E-state index contributed by atoms with van der Waals surface area (Å²) in [5.74, 6) is 0. The van der Waals surface area contributed by atoms with Crippen LogP contribution in [0.5, 0.6) is 0 Å². The van der Waals surface area contributed by atoms with Gasteiger partial charge in [-0.1, -0.05) is 66.4 Å². The van der Waals surface area contributed by atoms with Gasteiger partial charge >= 0.3 is 0 Å². The minimum Gasteiger partial charge on any atom is -0.361 e. The number of nitrogens with zero attached hydrogens (tertiary/aromatic N) is 1. The molecular weight excluding hydrogens is 274 g/mol. The maximum absolute atomic E-state index is 2.40. The van der Waals surface area contributed by atoms with Crippen molar-refractivity contribution in [1.82, 2.24) is 0 Å². The molecule has 1 unspecified atom stereocenters. The fourth-order valence-corrected chi connectivity index (χ4v) is 4.31. The highest BCUT2D eigenvalue weighted by Crippen LogP contribution is 2.43. The van der Waals surface area contributed by atoms with E-state index < -0.39 is 0 Å². The third-order valence-electron chi connectivity index (χ3n) is 4.16. The van der Waals surface area contributed by atoms with Crippen molar-refractivity contribution >= 4 is 28.2 Å². The molecule has 4 rings (SSSR count). The molecule has 2 heteroatoms. The Labute approximate surface area is 129 Å². The van der Waals surface area contributed by atoms with E-state index in [0.717, 1.165) is 6.42 Å². The zero-order valence-electron chi connectivity index (χ0n) is 12.0. The second-order valence-electron chi connectivity index (χ2n) is 5.54. The van der Waals surface area contributed by atoms with Gasteiger partial charge in [0.1, 0.15) is 0 Å². The van der Waals surface area contributed by atoms with Crippen molar-refractivity contribution in [1.29, 1.82) is 0 Å². The van der Waals surface area contributed by atoms with Crippen LogP contribution in [0.4, 0.5) is 5.69 Å². The van der Waals surface area contributed by atoms with E-state index in [1.807, 2.05) is 11.8 Å². The highest BCUT2D eigenvalue weighted by Gasteiger charge is 2.26. The van der Waals surface area contributed by atoms with E-state index in [4.69, 9.17) is 0 Å². The first-order chi connectivity index (χ1) is 10.3. The molecule has 0 aromatic heterocycles. The molecule has 3 aromatic rings. The van der Waals surface area contributed by atoms with Gasteiger partial charge in [0.25, 0.3) is 0 Å². The topological polar surface area (TPSA) is 3.24 Å². The Morgan fingerprint density at radius 3 is 2.52 bits per heavy atom. The monoisotopic (exact) mass is 291 g/mol. The van der Waals surface area contributed by atoms with Crippen LogP contribution in [0.1, 0.15) is 5.56 Å². The third kappa shape index (κ3) is 2.30. The molecular formula is C19H17NS. The highest BCUT2D eigenvalue weighted by molar-refractivity contribution is 8.00. The van der Waals surface area contributed by atoms with Crippen LogP contribution in [0, 0.1) is 0 Å². The van der Waals surface area contributed by atoms with Gasteiger partial charge in [0.05, 0.1) is 11.1 Å². The predicted octanol–water partition coefficient (Wildman–Crippen LogP) is 4.95. The first-order valence-electron chi connectivity index (χ1n) is 7.27. The van der Waals surface area contributed by atoms with E-state index in [1.54, 1.807) is 0 Å². The van der Waals surface area contributed by atoms with Crippen LogP contribution in [0.15, 0.2) is 71.6 Å². The summed E-state index contributed by atoms with van der Waals surface area (Å²) in [4.78, 5) is 3.79. The van der Waals surface area contributed by atoms with Crippen molar-refractivity contribution in [2.24, 2.45) is 0 Å². The zero-order valence-corrected chi connectivity index (χ0v) is 12.8. The number of fused-ring (bicyclic) bond motifs is 2. The molecule has 1 heterocycles. The molecule has 1 nitrogen and oxygen atoms in total. The van der Waals surface area contributed by atoms with E-state index >= 15 is 0 Å². The number of rotatable bonds is 2. The molecule has 0 spiro atoms. The minimum atomic E-state index is 0.489. The lowest BCUT2D eigenvalue weighted by molar-refractivity contribution is 0.834. The molecule has 0 aliphatic carbocycles. The smallest absolute Gasteiger partial charge is 0.0835 e. The van der Waals surface area contributed by atoms with Gasteiger partial charge in [0.2, 0.25) is 0 Å². The van der Waals surface area contributed by atoms with E-state index in [-0.39, 0.29) is 0 Å². The Morgan fingerprint density at radius 1 is 0.905 bits per heavy atom. The first kappa shape index (κ1) is 12.8. The molecule has 104 valence electrons. The van der Waals surface area contributed by atoms with Gasteiger partial charge < -0.3 is 4.90 Å². The average Bonchev–Trinajstić information content (AvgIpc) is 2.84. The van der Waals surface area contributed by atoms with Crippen LogP contribution in [0.3, 0.4) is 0 Å².